The van der Waals surface area contributed by atoms with Crippen LogP contribution in [0.1, 0.15) is 50.0 Å². The summed E-state index contributed by atoms with van der Waals surface area (Å²) < 4.78 is 45.2. The van der Waals surface area contributed by atoms with Crippen molar-refractivity contribution >= 4 is 28.4 Å². The highest BCUT2D eigenvalue weighted by Crippen LogP contribution is 2.41. The Hall–Kier alpha value is -5.04. The molecule has 0 fully saturated rings. The summed E-state index contributed by atoms with van der Waals surface area (Å²) in [4.78, 5) is 37.5. The number of hydrogen-bond donors (Lipinski definition) is 2. The second-order valence-electron chi connectivity index (χ2n) is 10.9. The zero-order valence-corrected chi connectivity index (χ0v) is 24.6. The molecule has 5 aromatic rings. The molecule has 0 atom stereocenters. The number of anilines is 1. The fourth-order valence-corrected chi connectivity index (χ4v) is 5.89. The Morgan fingerprint density at radius 2 is 1.89 bits per heavy atom. The summed E-state index contributed by atoms with van der Waals surface area (Å²) in [6.45, 7) is 2.30. The molecule has 2 N–H and O–H groups in total. The van der Waals surface area contributed by atoms with Crippen molar-refractivity contribution in [3.8, 4) is 11.1 Å². The van der Waals surface area contributed by atoms with Crippen molar-refractivity contribution in [1.29, 1.82) is 0 Å². The number of pyridine rings is 1. The maximum absolute atomic E-state index is 14.3. The van der Waals surface area contributed by atoms with Crippen LogP contribution in [0.15, 0.2) is 61.4 Å². The van der Waals surface area contributed by atoms with Crippen molar-refractivity contribution in [1.82, 2.24) is 29.6 Å². The first-order chi connectivity index (χ1) is 21.6. The highest BCUT2D eigenvalue weighted by molar-refractivity contribution is 6.15. The van der Waals surface area contributed by atoms with Gasteiger partial charge in [-0.05, 0) is 65.4 Å². The van der Waals surface area contributed by atoms with Gasteiger partial charge in [-0.3, -0.25) is 19.3 Å². The standard InChI is InChI=1S/C32H30F3N7O3/c1-3-19-12-24-27(4-6-37-28(24)25(13-19)30(44)38-8-11-43)42-9-5-21-22(26-17-40(2)39-29(26)32(33,34)35)14-20(15-23(21)31(42)45)16-41-10-7-36-18-41/h4,6-7,10,12-15,17-18,43H,3,5,8-9,11,16H2,1-2H3,(H,38,44). The molecule has 0 aliphatic carbocycles. The number of amides is 2. The summed E-state index contributed by atoms with van der Waals surface area (Å²) in [5.74, 6) is -0.766. The average molecular weight is 618 g/mol. The van der Waals surface area contributed by atoms with Crippen LogP contribution in [0.2, 0.25) is 0 Å². The largest absolute Gasteiger partial charge is 0.435 e. The Kier molecular flexibility index (Phi) is 7.87. The summed E-state index contributed by atoms with van der Waals surface area (Å²) >= 11 is 0. The van der Waals surface area contributed by atoms with Crippen LogP contribution in [0.3, 0.4) is 0 Å². The number of hydrogen-bond acceptors (Lipinski definition) is 6. The van der Waals surface area contributed by atoms with Crippen LogP contribution in [-0.4, -0.2) is 60.9 Å². The average Bonchev–Trinajstić information content (AvgIpc) is 3.68. The van der Waals surface area contributed by atoms with Gasteiger partial charge in [0, 0.05) is 68.0 Å². The number of imidazole rings is 1. The molecule has 0 saturated carbocycles. The van der Waals surface area contributed by atoms with Crippen LogP contribution in [0.25, 0.3) is 22.0 Å². The third-order valence-electron chi connectivity index (χ3n) is 7.91. The number of carbonyl (C=O) groups excluding carboxylic acids is 2. The van der Waals surface area contributed by atoms with Gasteiger partial charge >= 0.3 is 6.18 Å². The molecular weight excluding hydrogens is 587 g/mol. The maximum atomic E-state index is 14.3. The number of nitrogens with one attached hydrogen (secondary N) is 1. The molecule has 1 aliphatic rings. The van der Waals surface area contributed by atoms with Gasteiger partial charge in [-0.1, -0.05) is 6.92 Å². The van der Waals surface area contributed by atoms with E-state index in [4.69, 9.17) is 0 Å². The van der Waals surface area contributed by atoms with Gasteiger partial charge in [0.15, 0.2) is 5.69 Å². The first-order valence-corrected chi connectivity index (χ1v) is 14.4. The van der Waals surface area contributed by atoms with Gasteiger partial charge in [-0.25, -0.2) is 4.98 Å². The van der Waals surface area contributed by atoms with Crippen LogP contribution in [0.4, 0.5) is 18.9 Å². The number of carbonyl (C=O) groups is 2. The minimum atomic E-state index is -4.69. The van der Waals surface area contributed by atoms with Crippen molar-refractivity contribution in [2.24, 2.45) is 7.05 Å². The predicted molar refractivity (Wildman–Crippen MR) is 161 cm³/mol. The molecule has 6 rings (SSSR count). The fourth-order valence-electron chi connectivity index (χ4n) is 5.89. The minimum Gasteiger partial charge on any atom is -0.395 e. The highest BCUT2D eigenvalue weighted by Gasteiger charge is 2.39. The molecule has 2 aromatic carbocycles. The van der Waals surface area contributed by atoms with E-state index >= 15 is 0 Å². The summed E-state index contributed by atoms with van der Waals surface area (Å²) in [6, 6.07) is 8.78. The van der Waals surface area contributed by atoms with E-state index in [1.165, 1.54) is 19.4 Å². The second-order valence-corrected chi connectivity index (χ2v) is 10.9. The highest BCUT2D eigenvalue weighted by atomic mass is 19.4. The van der Waals surface area contributed by atoms with E-state index in [1.54, 1.807) is 52.5 Å². The van der Waals surface area contributed by atoms with Crippen molar-refractivity contribution in [3.63, 3.8) is 0 Å². The van der Waals surface area contributed by atoms with E-state index < -0.39 is 17.8 Å². The molecule has 0 bridgehead atoms. The SMILES string of the molecule is CCc1cc(C(=O)NCCO)c2nccc(N3CCc4c(cc(Cn5ccnc5)cc4-c4cn(C)nc4C(F)(F)F)C3=O)c2c1. The molecule has 1 aliphatic heterocycles. The van der Waals surface area contributed by atoms with Crippen LogP contribution in [0, 0.1) is 0 Å². The monoisotopic (exact) mass is 617 g/mol. The molecule has 0 spiro atoms. The maximum Gasteiger partial charge on any atom is 0.435 e. The van der Waals surface area contributed by atoms with Gasteiger partial charge in [0.25, 0.3) is 11.8 Å². The Bertz CT molecular complexity index is 1920. The second kappa shape index (κ2) is 11.8. The Morgan fingerprint density at radius 3 is 2.60 bits per heavy atom. The number of fused-ring (bicyclic) bond motifs is 2. The van der Waals surface area contributed by atoms with Gasteiger partial charge in [-0.2, -0.15) is 18.3 Å². The van der Waals surface area contributed by atoms with E-state index in [9.17, 15) is 27.9 Å². The van der Waals surface area contributed by atoms with Gasteiger partial charge < -0.3 is 19.9 Å². The summed E-state index contributed by atoms with van der Waals surface area (Å²) in [7, 11) is 1.44. The number of benzene rings is 2. The molecular formula is C32H30F3N7O3. The summed E-state index contributed by atoms with van der Waals surface area (Å²) in [5.41, 5.74) is 2.78. The molecule has 232 valence electrons. The number of halogens is 3. The lowest BCUT2D eigenvalue weighted by Crippen LogP contribution is -2.38. The molecule has 4 heterocycles. The quantitative estimate of drug-likeness (QED) is 0.267. The number of nitrogens with zero attached hydrogens (tertiary/aromatic N) is 6. The van der Waals surface area contributed by atoms with Crippen LogP contribution >= 0.6 is 0 Å². The zero-order valence-electron chi connectivity index (χ0n) is 24.6. The van der Waals surface area contributed by atoms with Crippen molar-refractivity contribution in [3.05, 3.63) is 95.0 Å². The Balaban J connectivity index is 1.50. The lowest BCUT2D eigenvalue weighted by Gasteiger charge is -2.31. The molecule has 0 saturated heterocycles. The molecule has 13 heteroatoms. The molecule has 2 amide bonds. The van der Waals surface area contributed by atoms with Crippen molar-refractivity contribution in [2.75, 3.05) is 24.6 Å². The smallest absolute Gasteiger partial charge is 0.395 e. The molecule has 3 aromatic heterocycles. The van der Waals surface area contributed by atoms with Crippen LogP contribution in [0.5, 0.6) is 0 Å². The molecule has 0 unspecified atom stereocenters. The predicted octanol–water partition coefficient (Wildman–Crippen LogP) is 4.39. The molecule has 10 nitrogen and oxygen atoms in total. The van der Waals surface area contributed by atoms with E-state index in [-0.39, 0.29) is 37.6 Å². The third kappa shape index (κ3) is 5.66. The topological polar surface area (TPSA) is 118 Å². The van der Waals surface area contributed by atoms with Crippen LogP contribution in [-0.2, 0) is 32.6 Å². The summed E-state index contributed by atoms with van der Waals surface area (Å²) in [6.07, 6.45) is 4.02. The van der Waals surface area contributed by atoms with E-state index in [0.29, 0.717) is 57.4 Å². The first-order valence-electron chi connectivity index (χ1n) is 14.4. The number of aromatic nitrogens is 5. The van der Waals surface area contributed by atoms with E-state index in [2.05, 4.69) is 20.4 Å². The van der Waals surface area contributed by atoms with Gasteiger partial charge in [0.1, 0.15) is 0 Å². The van der Waals surface area contributed by atoms with Gasteiger partial charge in [-0.15, -0.1) is 0 Å². The molecule has 0 radical (unpaired) electrons. The number of rotatable bonds is 8. The van der Waals surface area contributed by atoms with Crippen molar-refractivity contribution < 1.29 is 27.9 Å². The zero-order chi connectivity index (χ0) is 31.9. The van der Waals surface area contributed by atoms with Gasteiger partial charge in [0.2, 0.25) is 0 Å². The lowest BCUT2D eigenvalue weighted by molar-refractivity contribution is -0.141. The Labute approximate surface area is 256 Å². The minimum absolute atomic E-state index is 0.0779. The van der Waals surface area contributed by atoms with Crippen LogP contribution < -0.4 is 10.2 Å². The number of aliphatic hydroxyl groups is 1. The molecule has 45 heavy (non-hydrogen) atoms. The number of aryl methyl sites for hydroxylation is 2. The third-order valence-corrected chi connectivity index (χ3v) is 7.91. The normalized spacial score (nSPS) is 13.4. The Morgan fingerprint density at radius 1 is 1.09 bits per heavy atom. The summed E-state index contributed by atoms with van der Waals surface area (Å²) in [5, 5.41) is 16.2. The van der Waals surface area contributed by atoms with E-state index in [1.807, 2.05) is 13.0 Å². The number of aliphatic hydroxyl groups excluding tert-OH is 1. The number of alkyl halides is 3. The van der Waals surface area contributed by atoms with E-state index in [0.717, 1.165) is 10.2 Å². The fraction of sp³-hybridized carbons (Fsp3) is 0.281. The lowest BCUT2D eigenvalue weighted by atomic mass is 9.87. The van der Waals surface area contributed by atoms with Gasteiger partial charge in [0.05, 0.1) is 29.7 Å². The first kappa shape index (κ1) is 30.0. The van der Waals surface area contributed by atoms with Crippen molar-refractivity contribution in [2.45, 2.75) is 32.5 Å².